The maximum Gasteiger partial charge on any atom is 0.277 e. The van der Waals surface area contributed by atoms with E-state index in [1.807, 2.05) is 37.4 Å². The molecule has 2 N–H and O–H groups in total. The number of H-pyrrole nitrogens is 1. The lowest BCUT2D eigenvalue weighted by Crippen LogP contribution is -2.24. The third kappa shape index (κ3) is 2.92. The number of carbonyl (C=O) groups excluding carboxylic acids is 1. The van der Waals surface area contributed by atoms with E-state index in [0.29, 0.717) is 17.7 Å². The Labute approximate surface area is 125 Å². The van der Waals surface area contributed by atoms with Crippen molar-refractivity contribution in [1.29, 1.82) is 0 Å². The molecule has 6 nitrogen and oxygen atoms in total. The van der Waals surface area contributed by atoms with Gasteiger partial charge in [0.15, 0.2) is 0 Å². The fourth-order valence-electron chi connectivity index (χ4n) is 2.00. The molecule has 0 unspecified atom stereocenters. The highest BCUT2D eigenvalue weighted by Gasteiger charge is 2.14. The van der Waals surface area contributed by atoms with Crippen molar-refractivity contribution in [1.82, 2.24) is 20.5 Å². The Balaban J connectivity index is 1.77. The molecule has 21 heavy (non-hydrogen) atoms. The van der Waals surface area contributed by atoms with E-state index in [0.717, 1.165) is 16.5 Å². The fraction of sp³-hybridized carbons (Fsp3) is 0.214. The molecule has 3 rings (SSSR count). The summed E-state index contributed by atoms with van der Waals surface area (Å²) in [7, 11) is 0. The van der Waals surface area contributed by atoms with Crippen molar-refractivity contribution in [3.8, 4) is 11.5 Å². The van der Waals surface area contributed by atoms with Crippen LogP contribution in [0.25, 0.3) is 22.4 Å². The molecule has 0 aliphatic heterocycles. The molecular formula is C14H14N4O2S. The first-order chi connectivity index (χ1) is 10.3. The molecular weight excluding hydrogens is 288 g/mol. The second-order valence-corrected chi connectivity index (χ2v) is 5.29. The molecule has 3 aromatic rings. The van der Waals surface area contributed by atoms with Gasteiger partial charge in [-0.2, -0.15) is 0 Å². The van der Waals surface area contributed by atoms with Crippen LogP contribution in [0.15, 0.2) is 40.1 Å². The average molecular weight is 302 g/mol. The topological polar surface area (TPSA) is 83.8 Å². The van der Waals surface area contributed by atoms with E-state index >= 15 is 0 Å². The molecule has 0 saturated carbocycles. The minimum absolute atomic E-state index is 0.0469. The summed E-state index contributed by atoms with van der Waals surface area (Å²) in [5.41, 5.74) is 1.88. The third-order valence-corrected chi connectivity index (χ3v) is 3.75. The number of fused-ring (bicyclic) bond motifs is 1. The number of nitrogens with one attached hydrogen (secondary N) is 2. The smallest absolute Gasteiger partial charge is 0.277 e. The summed E-state index contributed by atoms with van der Waals surface area (Å²) in [5, 5.41) is 12.1. The number of amides is 1. The number of rotatable bonds is 5. The summed E-state index contributed by atoms with van der Waals surface area (Å²) in [6, 6.07) is 7.90. The minimum Gasteiger partial charge on any atom is -0.411 e. The lowest BCUT2D eigenvalue weighted by Gasteiger charge is -1.98. The molecule has 108 valence electrons. The maximum absolute atomic E-state index is 11.4. The van der Waals surface area contributed by atoms with Crippen LogP contribution < -0.4 is 5.32 Å². The maximum atomic E-state index is 11.4. The molecule has 0 atom stereocenters. The van der Waals surface area contributed by atoms with Gasteiger partial charge in [-0.25, -0.2) is 0 Å². The van der Waals surface area contributed by atoms with Gasteiger partial charge in [0.1, 0.15) is 0 Å². The molecule has 1 aromatic carbocycles. The first-order valence-corrected chi connectivity index (χ1v) is 7.56. The van der Waals surface area contributed by atoms with Gasteiger partial charge < -0.3 is 14.7 Å². The Bertz CT molecular complexity index is 765. The van der Waals surface area contributed by atoms with Crippen molar-refractivity contribution in [3.63, 3.8) is 0 Å². The van der Waals surface area contributed by atoms with E-state index < -0.39 is 0 Å². The van der Waals surface area contributed by atoms with Gasteiger partial charge in [-0.15, -0.1) is 10.2 Å². The summed E-state index contributed by atoms with van der Waals surface area (Å²) in [4.78, 5) is 14.6. The second kappa shape index (κ2) is 6.01. The number of hydrogen-bond acceptors (Lipinski definition) is 5. The number of para-hydroxylation sites is 1. The van der Waals surface area contributed by atoms with Crippen LogP contribution >= 0.6 is 11.8 Å². The number of aromatic nitrogens is 3. The van der Waals surface area contributed by atoms with Gasteiger partial charge in [0.2, 0.25) is 5.91 Å². The van der Waals surface area contributed by atoms with Crippen molar-refractivity contribution in [2.24, 2.45) is 0 Å². The highest BCUT2D eigenvalue weighted by molar-refractivity contribution is 7.99. The summed E-state index contributed by atoms with van der Waals surface area (Å²) in [6.07, 6.45) is 1.84. The van der Waals surface area contributed by atoms with Crippen molar-refractivity contribution < 1.29 is 9.21 Å². The first-order valence-electron chi connectivity index (χ1n) is 6.57. The zero-order chi connectivity index (χ0) is 14.7. The van der Waals surface area contributed by atoms with E-state index in [1.165, 1.54) is 11.8 Å². The van der Waals surface area contributed by atoms with Crippen LogP contribution in [-0.4, -0.2) is 33.4 Å². The van der Waals surface area contributed by atoms with E-state index in [9.17, 15) is 4.79 Å². The fourth-order valence-corrected chi connectivity index (χ4v) is 2.59. The summed E-state index contributed by atoms with van der Waals surface area (Å²) in [6.45, 7) is 2.49. The highest BCUT2D eigenvalue weighted by Crippen LogP contribution is 2.29. The molecule has 0 bridgehead atoms. The van der Waals surface area contributed by atoms with Crippen molar-refractivity contribution in [3.05, 3.63) is 30.5 Å². The van der Waals surface area contributed by atoms with Gasteiger partial charge in [0.25, 0.3) is 11.1 Å². The van der Waals surface area contributed by atoms with Crippen LogP contribution in [-0.2, 0) is 4.79 Å². The molecule has 2 aromatic heterocycles. The lowest BCUT2D eigenvalue weighted by molar-refractivity contribution is -0.118. The van der Waals surface area contributed by atoms with E-state index in [4.69, 9.17) is 4.42 Å². The first kappa shape index (κ1) is 13.7. The zero-order valence-corrected chi connectivity index (χ0v) is 12.2. The third-order valence-electron chi connectivity index (χ3n) is 2.93. The predicted octanol–water partition coefficient (Wildman–Crippen LogP) is 2.45. The summed E-state index contributed by atoms with van der Waals surface area (Å²) >= 11 is 1.23. The molecule has 0 aliphatic rings. The van der Waals surface area contributed by atoms with Gasteiger partial charge in [0, 0.05) is 23.6 Å². The number of thioether (sulfide) groups is 1. The van der Waals surface area contributed by atoms with Crippen molar-refractivity contribution >= 4 is 28.6 Å². The van der Waals surface area contributed by atoms with Gasteiger partial charge in [-0.1, -0.05) is 30.0 Å². The molecule has 1 amide bonds. The zero-order valence-electron chi connectivity index (χ0n) is 11.4. The van der Waals surface area contributed by atoms with E-state index in [-0.39, 0.29) is 11.7 Å². The Morgan fingerprint density at radius 3 is 3.10 bits per heavy atom. The number of aromatic amines is 1. The van der Waals surface area contributed by atoms with Crippen LogP contribution in [0.1, 0.15) is 6.92 Å². The lowest BCUT2D eigenvalue weighted by atomic mass is 10.2. The Kier molecular flexibility index (Phi) is 3.92. The van der Waals surface area contributed by atoms with Crippen LogP contribution in [0.2, 0.25) is 0 Å². The summed E-state index contributed by atoms with van der Waals surface area (Å²) < 4.78 is 5.61. The molecule has 2 heterocycles. The normalized spacial score (nSPS) is 10.9. The predicted molar refractivity (Wildman–Crippen MR) is 81.0 cm³/mol. The minimum atomic E-state index is -0.0469. The van der Waals surface area contributed by atoms with E-state index in [1.54, 1.807) is 0 Å². The Hall–Kier alpha value is -2.28. The Morgan fingerprint density at radius 2 is 2.24 bits per heavy atom. The largest absolute Gasteiger partial charge is 0.411 e. The Morgan fingerprint density at radius 1 is 1.38 bits per heavy atom. The number of hydrogen-bond donors (Lipinski definition) is 2. The number of benzene rings is 1. The van der Waals surface area contributed by atoms with Crippen molar-refractivity contribution in [2.75, 3.05) is 12.3 Å². The SMILES string of the molecule is CCNC(=O)CSc1nnc(-c2c[nH]c3ccccc23)o1. The second-order valence-electron chi connectivity index (χ2n) is 4.36. The molecule has 0 spiro atoms. The van der Waals surface area contributed by atoms with Gasteiger partial charge in [-0.3, -0.25) is 4.79 Å². The summed E-state index contributed by atoms with van der Waals surface area (Å²) in [5.74, 6) is 0.670. The van der Waals surface area contributed by atoms with E-state index in [2.05, 4.69) is 20.5 Å². The van der Waals surface area contributed by atoms with Gasteiger partial charge in [0.05, 0.1) is 11.3 Å². The molecule has 7 heteroatoms. The molecule has 0 aliphatic carbocycles. The molecule has 0 saturated heterocycles. The number of carbonyl (C=O) groups is 1. The quantitative estimate of drug-likeness (QED) is 0.707. The van der Waals surface area contributed by atoms with Crippen LogP contribution in [0, 0.1) is 0 Å². The highest BCUT2D eigenvalue weighted by atomic mass is 32.2. The number of nitrogens with zero attached hydrogens (tertiary/aromatic N) is 2. The van der Waals surface area contributed by atoms with Gasteiger partial charge in [-0.05, 0) is 13.0 Å². The standard InChI is InChI=1S/C14H14N4O2S/c1-2-15-12(19)8-21-14-18-17-13(20-14)10-7-16-11-6-4-3-5-9(10)11/h3-7,16H,2,8H2,1H3,(H,15,19). The van der Waals surface area contributed by atoms with Crippen LogP contribution in [0.4, 0.5) is 0 Å². The monoisotopic (exact) mass is 302 g/mol. The van der Waals surface area contributed by atoms with Crippen LogP contribution in [0.5, 0.6) is 0 Å². The average Bonchev–Trinajstić information content (AvgIpc) is 3.12. The van der Waals surface area contributed by atoms with Crippen LogP contribution in [0.3, 0.4) is 0 Å². The van der Waals surface area contributed by atoms with Crippen molar-refractivity contribution in [2.45, 2.75) is 12.1 Å². The van der Waals surface area contributed by atoms with Gasteiger partial charge >= 0.3 is 0 Å². The molecule has 0 fully saturated rings. The molecule has 0 radical (unpaired) electrons.